The smallest absolute Gasteiger partial charge is 0.291 e. The molecule has 1 aromatic carbocycles. The lowest BCUT2D eigenvalue weighted by Crippen LogP contribution is -2.32. The molecule has 0 bridgehead atoms. The fourth-order valence-corrected chi connectivity index (χ4v) is 2.53. The monoisotopic (exact) mass is 338 g/mol. The molecule has 1 atom stereocenters. The average molecular weight is 338 g/mol. The Bertz CT molecular complexity index is 884. The van der Waals surface area contributed by atoms with Gasteiger partial charge in [0, 0.05) is 24.5 Å². The number of carbonyl (C=O) groups excluding carboxylic acids is 1. The van der Waals surface area contributed by atoms with Crippen molar-refractivity contribution in [3.05, 3.63) is 59.2 Å². The first-order valence-electron chi connectivity index (χ1n) is 8.27. The van der Waals surface area contributed by atoms with Gasteiger partial charge in [-0.1, -0.05) is 38.1 Å². The standard InChI is InChI=1S/C18H22N6O/c1-11(2)13-4-6-14(7-5-13)15(19)10-21-17(25)16-22-18-20-9-8-12(3)24(18)23-16/h4-9,11,15H,10,19H2,1-3H3,(H,21,25). The van der Waals surface area contributed by atoms with Crippen molar-refractivity contribution in [3.63, 3.8) is 0 Å². The van der Waals surface area contributed by atoms with Crippen LogP contribution < -0.4 is 11.1 Å². The maximum absolute atomic E-state index is 12.3. The van der Waals surface area contributed by atoms with Crippen molar-refractivity contribution in [1.82, 2.24) is 24.9 Å². The topological polar surface area (TPSA) is 98.2 Å². The lowest BCUT2D eigenvalue weighted by molar-refractivity contribution is 0.0941. The third-order valence-corrected chi connectivity index (χ3v) is 4.15. The van der Waals surface area contributed by atoms with E-state index >= 15 is 0 Å². The van der Waals surface area contributed by atoms with E-state index in [0.717, 1.165) is 11.3 Å². The Morgan fingerprint density at radius 1 is 1.20 bits per heavy atom. The summed E-state index contributed by atoms with van der Waals surface area (Å²) in [5.41, 5.74) is 9.27. The number of benzene rings is 1. The molecule has 1 unspecified atom stereocenters. The van der Waals surface area contributed by atoms with Gasteiger partial charge in [0.05, 0.1) is 0 Å². The van der Waals surface area contributed by atoms with Crippen LogP contribution >= 0.6 is 0 Å². The largest absolute Gasteiger partial charge is 0.347 e. The molecule has 7 nitrogen and oxygen atoms in total. The van der Waals surface area contributed by atoms with Gasteiger partial charge < -0.3 is 11.1 Å². The van der Waals surface area contributed by atoms with Crippen molar-refractivity contribution in [2.45, 2.75) is 32.7 Å². The quantitative estimate of drug-likeness (QED) is 0.741. The fourth-order valence-electron chi connectivity index (χ4n) is 2.53. The average Bonchev–Trinajstić information content (AvgIpc) is 3.05. The van der Waals surface area contributed by atoms with Crippen LogP contribution in [0.5, 0.6) is 0 Å². The molecule has 0 saturated carbocycles. The van der Waals surface area contributed by atoms with Gasteiger partial charge in [0.25, 0.3) is 11.7 Å². The number of nitrogens with one attached hydrogen (secondary N) is 1. The maximum atomic E-state index is 12.3. The molecular weight excluding hydrogens is 316 g/mol. The number of nitrogens with two attached hydrogens (primary N) is 1. The number of aromatic nitrogens is 4. The molecule has 0 aliphatic heterocycles. The Labute approximate surface area is 146 Å². The fraction of sp³-hybridized carbons (Fsp3) is 0.333. The Balaban J connectivity index is 1.65. The molecule has 0 aliphatic carbocycles. The first kappa shape index (κ1) is 17.0. The van der Waals surface area contributed by atoms with Gasteiger partial charge in [-0.2, -0.15) is 4.98 Å². The Kier molecular flexibility index (Phi) is 4.76. The minimum Gasteiger partial charge on any atom is -0.347 e. The number of aryl methyl sites for hydroxylation is 1. The van der Waals surface area contributed by atoms with Crippen molar-refractivity contribution < 1.29 is 4.79 Å². The van der Waals surface area contributed by atoms with Crippen LogP contribution in [0.15, 0.2) is 36.5 Å². The van der Waals surface area contributed by atoms with E-state index in [4.69, 9.17) is 5.73 Å². The van der Waals surface area contributed by atoms with Gasteiger partial charge in [-0.25, -0.2) is 9.50 Å². The maximum Gasteiger partial charge on any atom is 0.291 e. The first-order chi connectivity index (χ1) is 12.0. The molecule has 2 aromatic heterocycles. The van der Waals surface area contributed by atoms with Crippen molar-refractivity contribution >= 4 is 11.7 Å². The summed E-state index contributed by atoms with van der Waals surface area (Å²) in [7, 11) is 0. The predicted octanol–water partition coefficient (Wildman–Crippen LogP) is 1.99. The second-order valence-corrected chi connectivity index (χ2v) is 6.37. The van der Waals surface area contributed by atoms with E-state index in [1.807, 2.05) is 19.1 Å². The summed E-state index contributed by atoms with van der Waals surface area (Å²) in [5, 5.41) is 6.97. The Morgan fingerprint density at radius 3 is 2.52 bits per heavy atom. The van der Waals surface area contributed by atoms with Crippen LogP contribution in [-0.4, -0.2) is 32.0 Å². The molecule has 1 amide bonds. The van der Waals surface area contributed by atoms with E-state index in [9.17, 15) is 4.79 Å². The summed E-state index contributed by atoms with van der Waals surface area (Å²) in [6.07, 6.45) is 1.64. The number of hydrogen-bond donors (Lipinski definition) is 2. The second-order valence-electron chi connectivity index (χ2n) is 6.37. The number of fused-ring (bicyclic) bond motifs is 1. The molecule has 3 rings (SSSR count). The van der Waals surface area contributed by atoms with E-state index in [0.29, 0.717) is 18.2 Å². The SMILES string of the molecule is Cc1ccnc2nc(C(=O)NCC(N)c3ccc(C(C)C)cc3)nn12. The van der Waals surface area contributed by atoms with Gasteiger partial charge in [-0.3, -0.25) is 4.79 Å². The zero-order chi connectivity index (χ0) is 18.0. The Morgan fingerprint density at radius 2 is 1.88 bits per heavy atom. The zero-order valence-corrected chi connectivity index (χ0v) is 14.6. The molecule has 0 radical (unpaired) electrons. The highest BCUT2D eigenvalue weighted by atomic mass is 16.2. The van der Waals surface area contributed by atoms with Crippen LogP contribution in [0.25, 0.3) is 5.78 Å². The van der Waals surface area contributed by atoms with E-state index in [2.05, 4.69) is 46.4 Å². The summed E-state index contributed by atoms with van der Waals surface area (Å²) >= 11 is 0. The number of hydrogen-bond acceptors (Lipinski definition) is 5. The minimum atomic E-state index is -0.362. The summed E-state index contributed by atoms with van der Waals surface area (Å²) < 4.78 is 1.54. The van der Waals surface area contributed by atoms with E-state index in [1.165, 1.54) is 5.56 Å². The lowest BCUT2D eigenvalue weighted by Gasteiger charge is -2.14. The van der Waals surface area contributed by atoms with E-state index < -0.39 is 0 Å². The molecular formula is C18H22N6O. The number of amides is 1. The molecule has 0 aliphatic rings. The zero-order valence-electron chi connectivity index (χ0n) is 14.6. The molecule has 2 heterocycles. The summed E-state index contributed by atoms with van der Waals surface area (Å²) in [4.78, 5) is 20.5. The van der Waals surface area contributed by atoms with E-state index in [1.54, 1.807) is 16.8 Å². The highest BCUT2D eigenvalue weighted by Crippen LogP contribution is 2.17. The predicted molar refractivity (Wildman–Crippen MR) is 95.3 cm³/mol. The van der Waals surface area contributed by atoms with Crippen molar-refractivity contribution in [2.24, 2.45) is 5.73 Å². The normalized spacial score (nSPS) is 12.5. The van der Waals surface area contributed by atoms with Gasteiger partial charge in [0.2, 0.25) is 5.82 Å². The second kappa shape index (κ2) is 6.98. The number of nitrogens with zero attached hydrogens (tertiary/aromatic N) is 4. The van der Waals surface area contributed by atoms with E-state index in [-0.39, 0.29) is 17.8 Å². The molecule has 7 heteroatoms. The summed E-state index contributed by atoms with van der Waals surface area (Å²) in [6, 6.07) is 9.66. The van der Waals surface area contributed by atoms with Gasteiger partial charge in [0.1, 0.15) is 0 Å². The Hall–Kier alpha value is -2.80. The van der Waals surface area contributed by atoms with Gasteiger partial charge in [-0.05, 0) is 30.0 Å². The third kappa shape index (κ3) is 3.66. The van der Waals surface area contributed by atoms with Crippen molar-refractivity contribution in [2.75, 3.05) is 6.54 Å². The van der Waals surface area contributed by atoms with Crippen LogP contribution in [0.4, 0.5) is 0 Å². The van der Waals surface area contributed by atoms with Crippen molar-refractivity contribution in [3.8, 4) is 0 Å². The van der Waals surface area contributed by atoms with Crippen LogP contribution in [-0.2, 0) is 0 Å². The lowest BCUT2D eigenvalue weighted by atomic mass is 9.99. The van der Waals surface area contributed by atoms with Gasteiger partial charge in [0.15, 0.2) is 0 Å². The van der Waals surface area contributed by atoms with Gasteiger partial charge in [-0.15, -0.1) is 5.10 Å². The van der Waals surface area contributed by atoms with Crippen LogP contribution in [0.2, 0.25) is 0 Å². The molecule has 130 valence electrons. The highest BCUT2D eigenvalue weighted by molar-refractivity contribution is 5.90. The van der Waals surface area contributed by atoms with Gasteiger partial charge >= 0.3 is 0 Å². The molecule has 3 aromatic rings. The van der Waals surface area contributed by atoms with Crippen LogP contribution in [0.3, 0.4) is 0 Å². The van der Waals surface area contributed by atoms with Crippen LogP contribution in [0.1, 0.15) is 53.2 Å². The number of carbonyl (C=O) groups is 1. The molecule has 3 N–H and O–H groups in total. The third-order valence-electron chi connectivity index (χ3n) is 4.15. The molecule has 0 saturated heterocycles. The minimum absolute atomic E-state index is 0.0872. The van der Waals surface area contributed by atoms with Crippen molar-refractivity contribution in [1.29, 1.82) is 0 Å². The first-order valence-corrected chi connectivity index (χ1v) is 8.27. The highest BCUT2D eigenvalue weighted by Gasteiger charge is 2.16. The van der Waals surface area contributed by atoms with Crippen LogP contribution in [0, 0.1) is 6.92 Å². The molecule has 0 spiro atoms. The number of rotatable bonds is 5. The summed E-state index contributed by atoms with van der Waals surface area (Å²) in [5.74, 6) is 0.602. The summed E-state index contributed by atoms with van der Waals surface area (Å²) in [6.45, 7) is 6.48. The molecule has 0 fully saturated rings. The molecule has 25 heavy (non-hydrogen) atoms.